The predicted octanol–water partition coefficient (Wildman–Crippen LogP) is 0.153. The fraction of sp³-hybridized carbons (Fsp3) is 0.714. The van der Waals surface area contributed by atoms with E-state index >= 15 is 0 Å². The topological polar surface area (TPSA) is 52.6 Å². The van der Waals surface area contributed by atoms with Gasteiger partial charge in [-0.2, -0.15) is 0 Å². The molecule has 0 spiro atoms. The average molecular weight is 160 g/mol. The lowest BCUT2D eigenvalue weighted by atomic mass is 10.2. The minimum absolute atomic E-state index is 0.256. The Balaban J connectivity index is 4.03. The van der Waals surface area contributed by atoms with Gasteiger partial charge in [0.1, 0.15) is 0 Å². The molecule has 64 valence electrons. The highest BCUT2D eigenvalue weighted by Crippen LogP contribution is 1.95. The van der Waals surface area contributed by atoms with Gasteiger partial charge in [0.2, 0.25) is 6.10 Å². The number of esters is 1. The van der Waals surface area contributed by atoms with Gasteiger partial charge in [-0.1, -0.05) is 0 Å². The maximum absolute atomic E-state index is 10.8. The van der Waals surface area contributed by atoms with Gasteiger partial charge in [-0.05, 0) is 13.8 Å². The lowest BCUT2D eigenvalue weighted by Crippen LogP contribution is -2.31. The number of hydrogen-bond donors (Lipinski definition) is 0. The van der Waals surface area contributed by atoms with Gasteiger partial charge < -0.3 is 9.47 Å². The number of Topliss-reactive ketones (excluding diaryl/α,β-unsaturated/α-hetero) is 1. The molecule has 0 saturated heterocycles. The molecule has 0 aliphatic rings. The van der Waals surface area contributed by atoms with Crippen molar-refractivity contribution in [1.29, 1.82) is 0 Å². The first-order valence-corrected chi connectivity index (χ1v) is 3.33. The number of hydrogen-bond acceptors (Lipinski definition) is 4. The molecular formula is C7H12O4. The number of methoxy groups -OCH3 is 1. The van der Waals surface area contributed by atoms with Crippen molar-refractivity contribution in [2.24, 2.45) is 0 Å². The third-order valence-corrected chi connectivity index (χ3v) is 1.11. The highest BCUT2D eigenvalue weighted by Gasteiger charge is 2.23. The zero-order valence-corrected chi connectivity index (χ0v) is 6.92. The van der Waals surface area contributed by atoms with Gasteiger partial charge in [0.05, 0.1) is 6.61 Å². The molecule has 0 aromatic rings. The summed E-state index contributed by atoms with van der Waals surface area (Å²) in [5, 5.41) is 0. The second-order valence-corrected chi connectivity index (χ2v) is 1.98. The summed E-state index contributed by atoms with van der Waals surface area (Å²) in [5.74, 6) is -0.964. The first kappa shape index (κ1) is 10.1. The number of carbonyl (C=O) groups excluding carboxylic acids is 2. The fourth-order valence-corrected chi connectivity index (χ4v) is 0.646. The van der Waals surface area contributed by atoms with E-state index in [1.165, 1.54) is 14.0 Å². The van der Waals surface area contributed by atoms with Crippen molar-refractivity contribution < 1.29 is 19.1 Å². The van der Waals surface area contributed by atoms with Crippen molar-refractivity contribution in [2.45, 2.75) is 20.0 Å². The van der Waals surface area contributed by atoms with Crippen LogP contribution in [0.2, 0.25) is 0 Å². The third kappa shape index (κ3) is 3.13. The van der Waals surface area contributed by atoms with E-state index in [2.05, 4.69) is 9.47 Å². The Morgan fingerprint density at radius 2 is 2.00 bits per heavy atom. The summed E-state index contributed by atoms with van der Waals surface area (Å²) in [5.41, 5.74) is 0. The minimum atomic E-state index is -1.06. The molecule has 0 unspecified atom stereocenters. The number of rotatable bonds is 4. The molecule has 0 N–H and O–H groups in total. The Kier molecular flexibility index (Phi) is 4.45. The van der Waals surface area contributed by atoms with Gasteiger partial charge in [-0.25, -0.2) is 4.79 Å². The fourth-order valence-electron chi connectivity index (χ4n) is 0.646. The van der Waals surface area contributed by atoms with Crippen molar-refractivity contribution in [3.05, 3.63) is 0 Å². The predicted molar refractivity (Wildman–Crippen MR) is 38.1 cm³/mol. The summed E-state index contributed by atoms with van der Waals surface area (Å²) < 4.78 is 9.17. The van der Waals surface area contributed by atoms with Gasteiger partial charge in [0, 0.05) is 7.11 Å². The molecule has 0 aromatic carbocycles. The highest BCUT2D eigenvalue weighted by atomic mass is 16.6. The summed E-state index contributed by atoms with van der Waals surface area (Å²) in [7, 11) is 1.29. The van der Waals surface area contributed by atoms with E-state index in [1.54, 1.807) is 6.92 Å². The van der Waals surface area contributed by atoms with E-state index in [1.807, 2.05) is 0 Å². The van der Waals surface area contributed by atoms with Crippen LogP contribution in [0.15, 0.2) is 0 Å². The molecule has 0 fully saturated rings. The van der Waals surface area contributed by atoms with E-state index in [0.717, 1.165) is 0 Å². The summed E-state index contributed by atoms with van der Waals surface area (Å²) in [6.07, 6.45) is -1.06. The standard InChI is InChI=1S/C7H12O4/c1-4-11-7(9)6(10-3)5(2)8/h6H,4H2,1-3H3/t6-/m1/s1. The Labute approximate surface area is 65.5 Å². The molecule has 0 aliphatic carbocycles. The SMILES string of the molecule is CCOC(=O)[C@H](OC)C(C)=O. The molecule has 1 atom stereocenters. The molecule has 0 bridgehead atoms. The molecule has 0 rings (SSSR count). The van der Waals surface area contributed by atoms with Crippen LogP contribution in [0.4, 0.5) is 0 Å². The largest absolute Gasteiger partial charge is 0.464 e. The molecule has 4 nitrogen and oxygen atoms in total. The lowest BCUT2D eigenvalue weighted by Gasteiger charge is -2.09. The molecule has 0 amide bonds. The van der Waals surface area contributed by atoms with Crippen molar-refractivity contribution >= 4 is 11.8 Å². The number of carbonyl (C=O) groups is 2. The van der Waals surface area contributed by atoms with Crippen LogP contribution in [-0.2, 0) is 19.1 Å². The summed E-state index contributed by atoms with van der Waals surface area (Å²) in [6, 6.07) is 0. The Morgan fingerprint density at radius 1 is 1.45 bits per heavy atom. The maximum atomic E-state index is 10.8. The lowest BCUT2D eigenvalue weighted by molar-refractivity contribution is -0.158. The van der Waals surface area contributed by atoms with Gasteiger partial charge >= 0.3 is 5.97 Å². The molecule has 4 heteroatoms. The van der Waals surface area contributed by atoms with E-state index < -0.39 is 12.1 Å². The van der Waals surface area contributed by atoms with Crippen LogP contribution in [0, 0.1) is 0 Å². The third-order valence-electron chi connectivity index (χ3n) is 1.11. The Bertz CT molecular complexity index is 153. The van der Waals surface area contributed by atoms with Crippen molar-refractivity contribution in [1.82, 2.24) is 0 Å². The number of ether oxygens (including phenoxy) is 2. The van der Waals surface area contributed by atoms with Crippen molar-refractivity contribution in [3.63, 3.8) is 0 Å². The van der Waals surface area contributed by atoms with Crippen LogP contribution in [0.5, 0.6) is 0 Å². The zero-order chi connectivity index (χ0) is 8.85. The van der Waals surface area contributed by atoms with Crippen molar-refractivity contribution in [3.8, 4) is 0 Å². The van der Waals surface area contributed by atoms with Crippen LogP contribution >= 0.6 is 0 Å². The Morgan fingerprint density at radius 3 is 2.27 bits per heavy atom. The molecule has 0 radical (unpaired) electrons. The van der Waals surface area contributed by atoms with Crippen LogP contribution < -0.4 is 0 Å². The molecule has 0 aromatic heterocycles. The molecule has 0 heterocycles. The monoisotopic (exact) mass is 160 g/mol. The number of ketones is 1. The summed E-state index contributed by atoms with van der Waals surface area (Å²) >= 11 is 0. The van der Waals surface area contributed by atoms with E-state index in [0.29, 0.717) is 0 Å². The second-order valence-electron chi connectivity index (χ2n) is 1.98. The van der Waals surface area contributed by atoms with Crippen LogP contribution in [0.3, 0.4) is 0 Å². The van der Waals surface area contributed by atoms with E-state index in [9.17, 15) is 9.59 Å². The van der Waals surface area contributed by atoms with Gasteiger partial charge in [0.25, 0.3) is 0 Å². The van der Waals surface area contributed by atoms with Gasteiger partial charge in [-0.15, -0.1) is 0 Å². The highest BCUT2D eigenvalue weighted by molar-refractivity contribution is 6.00. The average Bonchev–Trinajstić information content (AvgIpc) is 1.88. The van der Waals surface area contributed by atoms with E-state index in [4.69, 9.17) is 0 Å². The summed E-state index contributed by atoms with van der Waals surface area (Å²) in [6.45, 7) is 3.21. The Hall–Kier alpha value is -0.900. The van der Waals surface area contributed by atoms with Crippen molar-refractivity contribution in [2.75, 3.05) is 13.7 Å². The maximum Gasteiger partial charge on any atom is 0.343 e. The van der Waals surface area contributed by atoms with Gasteiger partial charge in [-0.3, -0.25) is 4.79 Å². The quantitative estimate of drug-likeness (QED) is 0.434. The zero-order valence-electron chi connectivity index (χ0n) is 6.92. The van der Waals surface area contributed by atoms with E-state index in [-0.39, 0.29) is 12.4 Å². The summed E-state index contributed by atoms with van der Waals surface area (Å²) in [4.78, 5) is 21.5. The molecule has 0 saturated carbocycles. The van der Waals surface area contributed by atoms with Crippen LogP contribution in [0.25, 0.3) is 0 Å². The minimum Gasteiger partial charge on any atom is -0.464 e. The first-order valence-electron chi connectivity index (χ1n) is 3.33. The van der Waals surface area contributed by atoms with Crippen LogP contribution in [0.1, 0.15) is 13.8 Å². The van der Waals surface area contributed by atoms with Crippen LogP contribution in [-0.4, -0.2) is 31.6 Å². The van der Waals surface area contributed by atoms with Gasteiger partial charge in [0.15, 0.2) is 5.78 Å². The first-order chi connectivity index (χ1) is 5.13. The molecule has 0 aliphatic heterocycles. The molecule has 11 heavy (non-hydrogen) atoms. The molecular weight excluding hydrogens is 148 g/mol. The smallest absolute Gasteiger partial charge is 0.343 e. The normalized spacial score (nSPS) is 12.3. The second kappa shape index (κ2) is 4.85.